The summed E-state index contributed by atoms with van der Waals surface area (Å²) >= 11 is 0. The summed E-state index contributed by atoms with van der Waals surface area (Å²) in [4.78, 5) is 16.1. The molecule has 0 saturated carbocycles. The fourth-order valence-electron chi connectivity index (χ4n) is 2.56. The smallest absolute Gasteiger partial charge is 0.272 e. The van der Waals surface area contributed by atoms with Crippen LogP contribution in [-0.4, -0.2) is 20.7 Å². The quantitative estimate of drug-likeness (QED) is 0.898. The van der Waals surface area contributed by atoms with E-state index in [0.717, 1.165) is 30.4 Å². The third-order valence-corrected chi connectivity index (χ3v) is 3.53. The maximum Gasteiger partial charge on any atom is 0.272 e. The molecule has 5 nitrogen and oxygen atoms in total. The van der Waals surface area contributed by atoms with Crippen LogP contribution in [0, 0.1) is 0 Å². The molecule has 0 atom stereocenters. The van der Waals surface area contributed by atoms with Crippen molar-refractivity contribution < 1.29 is 4.79 Å². The molecule has 98 valence electrons. The monoisotopic (exact) mass is 256 g/mol. The molecule has 2 heterocycles. The molecular weight excluding hydrogens is 240 g/mol. The van der Waals surface area contributed by atoms with E-state index in [1.54, 1.807) is 12.4 Å². The molecule has 0 spiro atoms. The molecule has 0 saturated heterocycles. The third-order valence-electron chi connectivity index (χ3n) is 3.53. The number of rotatable bonds is 3. The van der Waals surface area contributed by atoms with Crippen LogP contribution in [0.1, 0.15) is 33.7 Å². The van der Waals surface area contributed by atoms with E-state index >= 15 is 0 Å². The highest BCUT2D eigenvalue weighted by atomic mass is 16.1. The lowest BCUT2D eigenvalue weighted by Crippen LogP contribution is -2.24. The molecule has 1 aliphatic carbocycles. The van der Waals surface area contributed by atoms with E-state index < -0.39 is 0 Å². The highest BCUT2D eigenvalue weighted by molar-refractivity contribution is 5.94. The first kappa shape index (κ1) is 11.9. The fraction of sp³-hybridized carbons (Fsp3) is 0.357. The number of pyridine rings is 1. The van der Waals surface area contributed by atoms with Crippen molar-refractivity contribution in [3.05, 3.63) is 47.0 Å². The van der Waals surface area contributed by atoms with Gasteiger partial charge in [-0.05, 0) is 37.0 Å². The Hall–Kier alpha value is -2.17. The van der Waals surface area contributed by atoms with Crippen LogP contribution in [0.3, 0.4) is 0 Å². The topological polar surface area (TPSA) is 59.8 Å². The summed E-state index contributed by atoms with van der Waals surface area (Å²) in [5.41, 5.74) is 3.95. The molecular formula is C14H16N4O. The maximum atomic E-state index is 12.2. The fourth-order valence-corrected chi connectivity index (χ4v) is 2.56. The van der Waals surface area contributed by atoms with Gasteiger partial charge in [0.2, 0.25) is 0 Å². The van der Waals surface area contributed by atoms with Gasteiger partial charge < -0.3 is 5.32 Å². The maximum absolute atomic E-state index is 12.2. The van der Waals surface area contributed by atoms with Gasteiger partial charge >= 0.3 is 0 Å². The zero-order valence-electron chi connectivity index (χ0n) is 10.9. The zero-order chi connectivity index (χ0) is 13.2. The second kappa shape index (κ2) is 4.84. The molecule has 3 rings (SSSR count). The van der Waals surface area contributed by atoms with Crippen LogP contribution in [0.25, 0.3) is 0 Å². The van der Waals surface area contributed by atoms with E-state index in [4.69, 9.17) is 0 Å². The lowest BCUT2D eigenvalue weighted by atomic mass is 10.2. The van der Waals surface area contributed by atoms with Crippen LogP contribution in [0.5, 0.6) is 0 Å². The molecule has 1 N–H and O–H groups in total. The van der Waals surface area contributed by atoms with Crippen molar-refractivity contribution in [1.29, 1.82) is 0 Å². The van der Waals surface area contributed by atoms with Crippen molar-refractivity contribution in [3.8, 4) is 0 Å². The number of hydrogen-bond acceptors (Lipinski definition) is 3. The Balaban J connectivity index is 1.73. The molecule has 1 amide bonds. The molecule has 5 heteroatoms. The first-order valence-electron chi connectivity index (χ1n) is 6.47. The van der Waals surface area contributed by atoms with E-state index in [1.165, 1.54) is 5.69 Å². The number of hydrogen-bond donors (Lipinski definition) is 1. The molecule has 19 heavy (non-hydrogen) atoms. The minimum absolute atomic E-state index is 0.0874. The predicted octanol–water partition coefficient (Wildman–Crippen LogP) is 1.23. The summed E-state index contributed by atoms with van der Waals surface area (Å²) in [6.45, 7) is 0.507. The Kier molecular flexibility index (Phi) is 3.03. The highest BCUT2D eigenvalue weighted by Crippen LogP contribution is 2.24. The second-order valence-corrected chi connectivity index (χ2v) is 4.79. The zero-order valence-corrected chi connectivity index (χ0v) is 10.9. The molecule has 0 bridgehead atoms. The summed E-state index contributed by atoms with van der Waals surface area (Å²) in [5, 5.41) is 7.25. The van der Waals surface area contributed by atoms with Crippen LogP contribution in [-0.2, 0) is 26.4 Å². The first-order valence-corrected chi connectivity index (χ1v) is 6.47. The molecule has 0 radical (unpaired) electrons. The molecule has 0 aliphatic heterocycles. The Bertz CT molecular complexity index is 603. The average Bonchev–Trinajstić information content (AvgIpc) is 3.02. The SMILES string of the molecule is Cn1nc(C(=O)NCc2ccncc2)c2c1CCC2. The summed E-state index contributed by atoms with van der Waals surface area (Å²) in [6.07, 6.45) is 6.54. The largest absolute Gasteiger partial charge is 0.347 e. The van der Waals surface area contributed by atoms with Gasteiger partial charge in [-0.25, -0.2) is 0 Å². The third kappa shape index (κ3) is 2.23. The van der Waals surface area contributed by atoms with Crippen molar-refractivity contribution in [2.75, 3.05) is 0 Å². The molecule has 0 aromatic carbocycles. The van der Waals surface area contributed by atoms with Crippen LogP contribution < -0.4 is 5.32 Å². The molecule has 1 aliphatic rings. The molecule has 2 aromatic rings. The molecule has 0 unspecified atom stereocenters. The molecule has 0 fully saturated rings. The van der Waals surface area contributed by atoms with Gasteiger partial charge in [-0.1, -0.05) is 0 Å². The number of nitrogens with zero attached hydrogens (tertiary/aromatic N) is 3. The second-order valence-electron chi connectivity index (χ2n) is 4.79. The normalized spacial score (nSPS) is 13.3. The predicted molar refractivity (Wildman–Crippen MR) is 70.6 cm³/mol. The number of fused-ring (bicyclic) bond motifs is 1. The van der Waals surface area contributed by atoms with E-state index in [1.807, 2.05) is 23.9 Å². The number of carbonyl (C=O) groups is 1. The Morgan fingerprint density at radius 3 is 2.95 bits per heavy atom. The number of nitrogens with one attached hydrogen (secondary N) is 1. The van der Waals surface area contributed by atoms with Crippen molar-refractivity contribution in [2.24, 2.45) is 7.05 Å². The Morgan fingerprint density at radius 1 is 1.37 bits per heavy atom. The molecule has 2 aromatic heterocycles. The van der Waals surface area contributed by atoms with Crippen LogP contribution in [0.15, 0.2) is 24.5 Å². The van der Waals surface area contributed by atoms with Gasteiger partial charge in [0.1, 0.15) is 0 Å². The van der Waals surface area contributed by atoms with E-state index in [0.29, 0.717) is 12.2 Å². The summed E-state index contributed by atoms with van der Waals surface area (Å²) in [6, 6.07) is 3.78. The highest BCUT2D eigenvalue weighted by Gasteiger charge is 2.24. The van der Waals surface area contributed by atoms with Gasteiger partial charge in [0.05, 0.1) is 0 Å². The number of aryl methyl sites for hydroxylation is 1. The van der Waals surface area contributed by atoms with Crippen molar-refractivity contribution in [3.63, 3.8) is 0 Å². The Morgan fingerprint density at radius 2 is 2.16 bits per heavy atom. The van der Waals surface area contributed by atoms with Gasteiger partial charge in [-0.15, -0.1) is 0 Å². The summed E-state index contributed by atoms with van der Waals surface area (Å²) < 4.78 is 1.84. The lowest BCUT2D eigenvalue weighted by molar-refractivity contribution is 0.0944. The van der Waals surface area contributed by atoms with E-state index in [-0.39, 0.29) is 5.91 Å². The van der Waals surface area contributed by atoms with Gasteiger partial charge in [0.15, 0.2) is 5.69 Å². The first-order chi connectivity index (χ1) is 9.25. The van der Waals surface area contributed by atoms with Crippen molar-refractivity contribution in [2.45, 2.75) is 25.8 Å². The van der Waals surface area contributed by atoms with E-state index in [9.17, 15) is 4.79 Å². The summed E-state index contributed by atoms with van der Waals surface area (Å²) in [7, 11) is 1.91. The van der Waals surface area contributed by atoms with Crippen molar-refractivity contribution >= 4 is 5.91 Å². The minimum atomic E-state index is -0.0874. The van der Waals surface area contributed by atoms with Gasteiger partial charge in [-0.2, -0.15) is 5.10 Å². The van der Waals surface area contributed by atoms with Crippen LogP contribution in [0.2, 0.25) is 0 Å². The number of carbonyl (C=O) groups excluding carboxylic acids is 1. The van der Waals surface area contributed by atoms with Gasteiger partial charge in [0, 0.05) is 37.2 Å². The number of amides is 1. The van der Waals surface area contributed by atoms with E-state index in [2.05, 4.69) is 15.4 Å². The summed E-state index contributed by atoms with van der Waals surface area (Å²) in [5.74, 6) is -0.0874. The minimum Gasteiger partial charge on any atom is -0.347 e. The van der Waals surface area contributed by atoms with Crippen LogP contribution >= 0.6 is 0 Å². The van der Waals surface area contributed by atoms with Crippen LogP contribution in [0.4, 0.5) is 0 Å². The number of aromatic nitrogens is 3. The lowest BCUT2D eigenvalue weighted by Gasteiger charge is -2.04. The standard InChI is InChI=1S/C14H16N4O/c1-18-12-4-2-3-11(12)13(17-18)14(19)16-9-10-5-7-15-8-6-10/h5-8H,2-4,9H2,1H3,(H,16,19). The van der Waals surface area contributed by atoms with Gasteiger partial charge in [0.25, 0.3) is 5.91 Å². The van der Waals surface area contributed by atoms with Gasteiger partial charge in [-0.3, -0.25) is 14.5 Å². The Labute approximate surface area is 111 Å². The average molecular weight is 256 g/mol. The van der Waals surface area contributed by atoms with Crippen molar-refractivity contribution in [1.82, 2.24) is 20.1 Å².